The van der Waals surface area contributed by atoms with Gasteiger partial charge in [-0.05, 0) is 60.6 Å². The molecule has 1 aliphatic carbocycles. The van der Waals surface area contributed by atoms with E-state index in [9.17, 15) is 18.0 Å². The summed E-state index contributed by atoms with van der Waals surface area (Å²) in [6, 6.07) is 23.8. The molecule has 1 N–H and O–H groups in total. The lowest BCUT2D eigenvalue weighted by Gasteiger charge is -2.33. The average molecular weight is 624 g/mol. The van der Waals surface area contributed by atoms with Crippen molar-refractivity contribution >= 4 is 39.1 Å². The van der Waals surface area contributed by atoms with Crippen LogP contribution in [-0.4, -0.2) is 50.0 Å². The van der Waals surface area contributed by atoms with Crippen LogP contribution in [0.3, 0.4) is 0 Å². The van der Waals surface area contributed by atoms with Crippen LogP contribution >= 0.6 is 11.6 Å². The average Bonchev–Trinajstić information content (AvgIpc) is 3.51. The molecule has 7 nitrogen and oxygen atoms in total. The summed E-state index contributed by atoms with van der Waals surface area (Å²) in [5.74, 6) is -0.401. The highest BCUT2D eigenvalue weighted by Gasteiger charge is 2.32. The van der Waals surface area contributed by atoms with Crippen LogP contribution in [0.5, 0.6) is 0 Å². The molecule has 2 amide bonds. The van der Waals surface area contributed by atoms with Gasteiger partial charge in [0.25, 0.3) is 0 Å². The number of carbonyl (C=O) groups excluding carboxylic acids is 2. The molecule has 1 fully saturated rings. The number of amides is 2. The number of benzene rings is 3. The molecular formula is C34H42ClN3O4S. The van der Waals surface area contributed by atoms with Gasteiger partial charge >= 0.3 is 0 Å². The summed E-state index contributed by atoms with van der Waals surface area (Å²) >= 11 is 6.53. The van der Waals surface area contributed by atoms with Crippen LogP contribution < -0.4 is 9.62 Å². The number of nitrogens with zero attached hydrogens (tertiary/aromatic N) is 2. The maximum Gasteiger partial charge on any atom is 0.243 e. The largest absolute Gasteiger partial charge is 0.352 e. The Bertz CT molecular complexity index is 1460. The molecule has 0 spiro atoms. The van der Waals surface area contributed by atoms with E-state index in [1.54, 1.807) is 23.1 Å². The Hall–Kier alpha value is -3.36. The lowest BCUT2D eigenvalue weighted by Crippen LogP contribution is -2.52. The topological polar surface area (TPSA) is 86.8 Å². The van der Waals surface area contributed by atoms with Gasteiger partial charge in [0.2, 0.25) is 21.8 Å². The summed E-state index contributed by atoms with van der Waals surface area (Å²) in [5, 5.41) is 3.73. The fraction of sp³-hybridized carbons (Fsp3) is 0.412. The zero-order valence-electron chi connectivity index (χ0n) is 25.0. The minimum absolute atomic E-state index is 0.0749. The second-order valence-electron chi connectivity index (χ2n) is 11.3. The van der Waals surface area contributed by atoms with Crippen molar-refractivity contribution in [3.8, 4) is 0 Å². The molecular weight excluding hydrogens is 582 g/mol. The predicted octanol–water partition coefficient (Wildman–Crippen LogP) is 6.15. The smallest absolute Gasteiger partial charge is 0.243 e. The fourth-order valence-corrected chi connectivity index (χ4v) is 6.79. The van der Waals surface area contributed by atoms with Crippen molar-refractivity contribution in [1.29, 1.82) is 0 Å². The Morgan fingerprint density at radius 1 is 0.930 bits per heavy atom. The molecule has 1 aliphatic rings. The number of aryl methyl sites for hydroxylation is 1. The number of halogens is 1. The monoisotopic (exact) mass is 623 g/mol. The van der Waals surface area contributed by atoms with Crippen molar-refractivity contribution in [1.82, 2.24) is 10.2 Å². The number of hydrogen-bond donors (Lipinski definition) is 1. The first-order valence-electron chi connectivity index (χ1n) is 15.1. The molecule has 1 saturated carbocycles. The summed E-state index contributed by atoms with van der Waals surface area (Å²) < 4.78 is 26.7. The second-order valence-corrected chi connectivity index (χ2v) is 13.6. The Labute approximate surface area is 261 Å². The molecule has 4 rings (SSSR count). The van der Waals surface area contributed by atoms with E-state index < -0.39 is 16.1 Å². The third-order valence-corrected chi connectivity index (χ3v) is 9.62. The number of nitrogens with one attached hydrogen (secondary N) is 1. The van der Waals surface area contributed by atoms with E-state index in [0.29, 0.717) is 23.6 Å². The molecule has 3 aromatic carbocycles. The highest BCUT2D eigenvalue weighted by atomic mass is 35.5. The van der Waals surface area contributed by atoms with Crippen LogP contribution in [-0.2, 0) is 39.0 Å². The van der Waals surface area contributed by atoms with Gasteiger partial charge in [-0.1, -0.05) is 92.0 Å². The van der Waals surface area contributed by atoms with Gasteiger partial charge in [0.1, 0.15) is 6.04 Å². The summed E-state index contributed by atoms with van der Waals surface area (Å²) in [7, 11) is -3.57. The van der Waals surface area contributed by atoms with Crippen LogP contribution in [0, 0.1) is 0 Å². The zero-order chi connectivity index (χ0) is 30.8. The maximum absolute atomic E-state index is 14.0. The SMILES string of the molecule is CCc1ccc(N(CCCC(=O)N(Cc2ccccc2Cl)[C@H](Cc2ccccc2)C(=O)NC2CCCC2)S(C)(=O)=O)cc1. The van der Waals surface area contributed by atoms with Crippen LogP contribution in [0.25, 0.3) is 0 Å². The third kappa shape index (κ3) is 9.31. The first-order chi connectivity index (χ1) is 20.7. The van der Waals surface area contributed by atoms with Crippen molar-refractivity contribution in [3.63, 3.8) is 0 Å². The first kappa shape index (κ1) is 32.6. The van der Waals surface area contributed by atoms with Crippen molar-refractivity contribution in [2.24, 2.45) is 0 Å². The number of carbonyl (C=O) groups is 2. The van der Waals surface area contributed by atoms with E-state index in [0.717, 1.165) is 48.8 Å². The molecule has 0 radical (unpaired) electrons. The molecule has 0 saturated heterocycles. The van der Waals surface area contributed by atoms with E-state index in [-0.39, 0.29) is 37.4 Å². The van der Waals surface area contributed by atoms with Gasteiger partial charge < -0.3 is 10.2 Å². The van der Waals surface area contributed by atoms with Crippen LogP contribution in [0.15, 0.2) is 78.9 Å². The molecule has 0 heterocycles. The highest BCUT2D eigenvalue weighted by molar-refractivity contribution is 7.92. The van der Waals surface area contributed by atoms with E-state index in [2.05, 4.69) is 5.32 Å². The van der Waals surface area contributed by atoms with Gasteiger partial charge in [0.15, 0.2) is 0 Å². The Balaban J connectivity index is 1.58. The van der Waals surface area contributed by atoms with Gasteiger partial charge in [-0.3, -0.25) is 13.9 Å². The van der Waals surface area contributed by atoms with Crippen molar-refractivity contribution in [2.75, 3.05) is 17.1 Å². The Morgan fingerprint density at radius 3 is 2.21 bits per heavy atom. The maximum atomic E-state index is 14.0. The number of sulfonamides is 1. The number of rotatable bonds is 14. The zero-order valence-corrected chi connectivity index (χ0v) is 26.6. The van der Waals surface area contributed by atoms with E-state index >= 15 is 0 Å². The fourth-order valence-electron chi connectivity index (χ4n) is 5.63. The van der Waals surface area contributed by atoms with Crippen LogP contribution in [0.2, 0.25) is 5.02 Å². The number of anilines is 1. The van der Waals surface area contributed by atoms with Gasteiger partial charge in [-0.25, -0.2) is 8.42 Å². The first-order valence-corrected chi connectivity index (χ1v) is 17.3. The van der Waals surface area contributed by atoms with E-state index in [1.807, 2.05) is 67.6 Å². The van der Waals surface area contributed by atoms with Gasteiger partial charge in [0, 0.05) is 37.0 Å². The van der Waals surface area contributed by atoms with Crippen molar-refractivity contribution in [3.05, 3.63) is 101 Å². The van der Waals surface area contributed by atoms with Gasteiger partial charge in [0.05, 0.1) is 11.9 Å². The molecule has 0 unspecified atom stereocenters. The molecule has 0 aromatic heterocycles. The summed E-state index contributed by atoms with van der Waals surface area (Å²) in [6.07, 6.45) is 6.78. The summed E-state index contributed by atoms with van der Waals surface area (Å²) in [4.78, 5) is 29.5. The minimum Gasteiger partial charge on any atom is -0.352 e. The molecule has 0 bridgehead atoms. The lowest BCUT2D eigenvalue weighted by molar-refractivity contribution is -0.141. The summed E-state index contributed by atoms with van der Waals surface area (Å²) in [5.41, 5.74) is 3.38. The molecule has 230 valence electrons. The quantitative estimate of drug-likeness (QED) is 0.233. The molecule has 9 heteroatoms. The van der Waals surface area contributed by atoms with E-state index in [4.69, 9.17) is 11.6 Å². The number of hydrogen-bond acceptors (Lipinski definition) is 4. The molecule has 3 aromatic rings. The van der Waals surface area contributed by atoms with Crippen molar-refractivity contribution < 1.29 is 18.0 Å². The molecule has 1 atom stereocenters. The Kier molecular flexibility index (Phi) is 11.7. The van der Waals surface area contributed by atoms with Crippen LogP contribution in [0.1, 0.15) is 62.1 Å². The van der Waals surface area contributed by atoms with Gasteiger partial charge in [-0.2, -0.15) is 0 Å². The van der Waals surface area contributed by atoms with Gasteiger partial charge in [-0.15, -0.1) is 0 Å². The summed E-state index contributed by atoms with van der Waals surface area (Å²) in [6.45, 7) is 2.36. The van der Waals surface area contributed by atoms with Crippen LogP contribution in [0.4, 0.5) is 5.69 Å². The predicted molar refractivity (Wildman–Crippen MR) is 174 cm³/mol. The highest BCUT2D eigenvalue weighted by Crippen LogP contribution is 2.24. The normalized spacial score (nSPS) is 14.3. The minimum atomic E-state index is -3.57. The molecule has 0 aliphatic heterocycles. The third-order valence-electron chi connectivity index (χ3n) is 8.06. The Morgan fingerprint density at radius 2 is 1.58 bits per heavy atom. The standard InChI is InChI=1S/C34H42ClN3O4S/c1-3-26-19-21-30(22-20-26)38(43(2,41)42)23-11-18-33(39)37(25-28-14-7-10-17-31(28)35)32(24-27-12-5-4-6-13-27)34(40)36-29-15-8-9-16-29/h4-7,10,12-14,17,19-22,29,32H,3,8-9,11,15-16,18,23-25H2,1-2H3,(H,36,40)/t32-/m1/s1. The lowest BCUT2D eigenvalue weighted by atomic mass is 10.0. The second kappa shape index (κ2) is 15.4. The molecule has 43 heavy (non-hydrogen) atoms. The van der Waals surface area contributed by atoms with E-state index in [1.165, 1.54) is 10.6 Å². The van der Waals surface area contributed by atoms with Crippen molar-refractivity contribution in [2.45, 2.75) is 76.9 Å².